The molecule has 0 spiro atoms. The first-order chi connectivity index (χ1) is 11.4. The minimum Gasteiger partial charge on any atom is -0.451 e. The van der Waals surface area contributed by atoms with Crippen LogP contribution in [0.5, 0.6) is 0 Å². The summed E-state index contributed by atoms with van der Waals surface area (Å²) in [5.41, 5.74) is 5.61. The van der Waals surface area contributed by atoms with Crippen molar-refractivity contribution in [3.05, 3.63) is 35.4 Å². The molecule has 3 amide bonds. The summed E-state index contributed by atoms with van der Waals surface area (Å²) in [5.74, 6) is -2.15. The number of thioether (sulfide) groups is 1. The Balaban J connectivity index is 2.29. The number of amides is 3. The number of nitrogens with zero attached hydrogens (tertiary/aromatic N) is 1. The number of benzene rings is 1. The topological polar surface area (TPSA) is 107 Å². The molecular weight excluding hydrogens is 332 g/mol. The van der Waals surface area contributed by atoms with Crippen LogP contribution < -0.4 is 5.73 Å². The number of hydrogen-bond acceptors (Lipinski definition) is 6. The van der Waals surface area contributed by atoms with Gasteiger partial charge in [0.25, 0.3) is 17.7 Å². The fraction of sp³-hybridized carbons (Fsp3) is 0.375. The number of esters is 1. The molecule has 2 N–H and O–H groups in total. The van der Waals surface area contributed by atoms with Crippen molar-refractivity contribution in [1.82, 2.24) is 4.90 Å². The molecule has 0 fully saturated rings. The summed E-state index contributed by atoms with van der Waals surface area (Å²) in [7, 11) is 0. The molecule has 1 aromatic carbocycles. The fourth-order valence-electron chi connectivity index (χ4n) is 2.38. The van der Waals surface area contributed by atoms with Gasteiger partial charge < -0.3 is 10.5 Å². The van der Waals surface area contributed by atoms with Crippen molar-refractivity contribution in [2.45, 2.75) is 25.5 Å². The smallest absolute Gasteiger partial charge is 0.330 e. The Hall–Kier alpha value is -2.35. The molecule has 0 unspecified atom stereocenters. The average molecular weight is 350 g/mol. The van der Waals surface area contributed by atoms with Gasteiger partial charge in [-0.15, -0.1) is 0 Å². The van der Waals surface area contributed by atoms with Crippen molar-refractivity contribution < 1.29 is 23.9 Å². The van der Waals surface area contributed by atoms with Crippen LogP contribution in [-0.2, 0) is 14.3 Å². The van der Waals surface area contributed by atoms with Gasteiger partial charge in [0.15, 0.2) is 6.10 Å². The Morgan fingerprint density at radius 1 is 1.21 bits per heavy atom. The van der Waals surface area contributed by atoms with Crippen molar-refractivity contribution in [3.8, 4) is 0 Å². The third-order valence-corrected chi connectivity index (χ3v) is 4.34. The molecule has 2 atom stereocenters. The summed E-state index contributed by atoms with van der Waals surface area (Å²) in [5, 5.41) is 0. The highest BCUT2D eigenvalue weighted by molar-refractivity contribution is 7.98. The zero-order valence-corrected chi connectivity index (χ0v) is 14.2. The summed E-state index contributed by atoms with van der Waals surface area (Å²) in [6, 6.07) is 5.29. The molecule has 8 heteroatoms. The molecule has 1 heterocycles. The molecule has 0 saturated carbocycles. The van der Waals surface area contributed by atoms with Crippen molar-refractivity contribution in [1.29, 1.82) is 0 Å². The third-order valence-electron chi connectivity index (χ3n) is 3.70. The first kappa shape index (κ1) is 18.0. The van der Waals surface area contributed by atoms with Crippen LogP contribution in [0, 0.1) is 0 Å². The lowest BCUT2D eigenvalue weighted by molar-refractivity contribution is -0.157. The maximum Gasteiger partial charge on any atom is 0.330 e. The number of fused-ring (bicyclic) bond motifs is 1. The van der Waals surface area contributed by atoms with Crippen LogP contribution in [0.3, 0.4) is 0 Å². The standard InChI is InChI=1S/C16H18N2O5S/c1-9(13(17)19)23-16(22)12(7-8-24-2)18-14(20)10-5-3-4-6-11(10)15(18)21/h3-6,9,12H,7-8H2,1-2H3,(H2,17,19)/t9-,12+/m1/s1. The van der Waals surface area contributed by atoms with E-state index >= 15 is 0 Å². The van der Waals surface area contributed by atoms with E-state index in [1.807, 2.05) is 6.26 Å². The molecule has 128 valence electrons. The molecule has 0 aliphatic carbocycles. The molecule has 0 aromatic heterocycles. The summed E-state index contributed by atoms with van der Waals surface area (Å²) in [6.45, 7) is 1.34. The van der Waals surface area contributed by atoms with E-state index in [0.29, 0.717) is 5.75 Å². The Morgan fingerprint density at radius 2 is 1.75 bits per heavy atom. The summed E-state index contributed by atoms with van der Waals surface area (Å²) in [6.07, 6.45) is 0.942. The molecule has 0 radical (unpaired) electrons. The highest BCUT2D eigenvalue weighted by Gasteiger charge is 2.43. The normalized spacial score (nSPS) is 15.8. The number of ether oxygens (including phenoxy) is 1. The minimum absolute atomic E-state index is 0.233. The second-order valence-corrected chi connectivity index (χ2v) is 6.29. The van der Waals surface area contributed by atoms with Crippen LogP contribution in [0.2, 0.25) is 0 Å². The van der Waals surface area contributed by atoms with E-state index in [0.717, 1.165) is 4.90 Å². The fourth-order valence-corrected chi connectivity index (χ4v) is 2.84. The lowest BCUT2D eigenvalue weighted by Gasteiger charge is -2.25. The summed E-state index contributed by atoms with van der Waals surface area (Å²) >= 11 is 1.47. The predicted molar refractivity (Wildman–Crippen MR) is 88.5 cm³/mol. The first-order valence-electron chi connectivity index (χ1n) is 7.34. The number of rotatable bonds is 7. The van der Waals surface area contributed by atoms with E-state index in [4.69, 9.17) is 10.5 Å². The van der Waals surface area contributed by atoms with Crippen LogP contribution in [-0.4, -0.2) is 52.7 Å². The van der Waals surface area contributed by atoms with E-state index in [2.05, 4.69) is 0 Å². The molecule has 1 aliphatic heterocycles. The first-order valence-corrected chi connectivity index (χ1v) is 8.73. The Kier molecular flexibility index (Phi) is 5.61. The van der Waals surface area contributed by atoms with Crippen molar-refractivity contribution in [3.63, 3.8) is 0 Å². The number of carbonyl (C=O) groups is 4. The molecule has 7 nitrogen and oxygen atoms in total. The van der Waals surface area contributed by atoms with Gasteiger partial charge in [0.1, 0.15) is 6.04 Å². The van der Waals surface area contributed by atoms with Gasteiger partial charge in [-0.3, -0.25) is 19.3 Å². The van der Waals surface area contributed by atoms with E-state index in [9.17, 15) is 19.2 Å². The van der Waals surface area contributed by atoms with Gasteiger partial charge in [-0.2, -0.15) is 11.8 Å². The highest BCUT2D eigenvalue weighted by Crippen LogP contribution is 2.26. The predicted octanol–water partition coefficient (Wildman–Crippen LogP) is 0.821. The number of hydrogen-bond donors (Lipinski definition) is 1. The average Bonchev–Trinajstić information content (AvgIpc) is 2.80. The summed E-state index contributed by atoms with van der Waals surface area (Å²) < 4.78 is 5.01. The van der Waals surface area contributed by atoms with Crippen molar-refractivity contribution >= 4 is 35.5 Å². The van der Waals surface area contributed by atoms with Gasteiger partial charge in [0.05, 0.1) is 11.1 Å². The monoisotopic (exact) mass is 350 g/mol. The van der Waals surface area contributed by atoms with Crippen LogP contribution >= 0.6 is 11.8 Å². The molecule has 24 heavy (non-hydrogen) atoms. The second kappa shape index (κ2) is 7.48. The lowest BCUT2D eigenvalue weighted by atomic mass is 10.1. The van der Waals surface area contributed by atoms with Gasteiger partial charge in [0.2, 0.25) is 0 Å². The van der Waals surface area contributed by atoms with Gasteiger partial charge in [-0.1, -0.05) is 12.1 Å². The zero-order valence-electron chi connectivity index (χ0n) is 13.4. The van der Waals surface area contributed by atoms with Gasteiger partial charge in [-0.25, -0.2) is 4.79 Å². The van der Waals surface area contributed by atoms with E-state index < -0.39 is 35.8 Å². The maximum atomic E-state index is 12.5. The SMILES string of the molecule is CSCC[C@@H](C(=O)O[C@H](C)C(N)=O)N1C(=O)c2ccccc2C1=O. The third kappa shape index (κ3) is 3.43. The number of imide groups is 1. The summed E-state index contributed by atoms with van der Waals surface area (Å²) in [4.78, 5) is 49.5. The van der Waals surface area contributed by atoms with Gasteiger partial charge in [-0.05, 0) is 37.5 Å². The van der Waals surface area contributed by atoms with E-state index in [1.54, 1.807) is 24.3 Å². The highest BCUT2D eigenvalue weighted by atomic mass is 32.2. The van der Waals surface area contributed by atoms with E-state index in [1.165, 1.54) is 18.7 Å². The zero-order chi connectivity index (χ0) is 17.9. The van der Waals surface area contributed by atoms with Gasteiger partial charge >= 0.3 is 5.97 Å². The van der Waals surface area contributed by atoms with E-state index in [-0.39, 0.29) is 17.5 Å². The minimum atomic E-state index is -1.13. The molecule has 1 aromatic rings. The molecule has 2 rings (SSSR count). The number of carbonyl (C=O) groups excluding carboxylic acids is 4. The Labute approximate surface area is 143 Å². The largest absolute Gasteiger partial charge is 0.451 e. The van der Waals surface area contributed by atoms with Crippen molar-refractivity contribution in [2.24, 2.45) is 5.73 Å². The Bertz CT molecular complexity index is 656. The molecule has 0 bridgehead atoms. The Morgan fingerprint density at radius 3 is 2.21 bits per heavy atom. The number of nitrogens with two attached hydrogens (primary N) is 1. The van der Waals surface area contributed by atoms with Gasteiger partial charge in [0, 0.05) is 0 Å². The van der Waals surface area contributed by atoms with Crippen molar-refractivity contribution in [2.75, 3.05) is 12.0 Å². The second-order valence-electron chi connectivity index (χ2n) is 5.30. The lowest BCUT2D eigenvalue weighted by Crippen LogP contribution is -2.47. The quantitative estimate of drug-likeness (QED) is 0.576. The van der Waals surface area contributed by atoms with Crippen LogP contribution in [0.4, 0.5) is 0 Å². The number of primary amides is 1. The van der Waals surface area contributed by atoms with Crippen LogP contribution in [0.1, 0.15) is 34.1 Å². The maximum absolute atomic E-state index is 12.5. The van der Waals surface area contributed by atoms with Crippen LogP contribution in [0.15, 0.2) is 24.3 Å². The van der Waals surface area contributed by atoms with Crippen LogP contribution in [0.25, 0.3) is 0 Å². The molecular formula is C16H18N2O5S. The molecule has 1 aliphatic rings. The molecule has 0 saturated heterocycles.